The smallest absolute Gasteiger partial charge is 0.223 e. The number of rotatable bonds is 14. The van der Waals surface area contributed by atoms with Crippen LogP contribution in [0.5, 0.6) is 11.5 Å². The van der Waals surface area contributed by atoms with E-state index < -0.39 is 0 Å². The molecule has 14 heteroatoms. The summed E-state index contributed by atoms with van der Waals surface area (Å²) in [6.07, 6.45) is 18.4. The SMILES string of the molecule is CN(C)CCCNc1ncc2c(n1)-c1ccccc1C1(CCNCC1)C2.Cc1ccc(CCNc2ncc3c(n2)-c2ccccc2C2(CCNCC2)C3)cc1C.c1ccc(Oc2ccc(CNc3ncc4c(n3)-c3ccccc3C3(CCNCC3)C4)cc2)cc1. The molecule has 14 nitrogen and oxygen atoms in total. The molecule has 0 unspecified atom stereocenters. The Morgan fingerprint density at radius 1 is 0.444 bits per heavy atom. The number of fused-ring (bicyclic) bond motifs is 12. The molecule has 15 rings (SSSR count). The van der Waals surface area contributed by atoms with E-state index in [1.54, 1.807) is 0 Å². The van der Waals surface area contributed by atoms with E-state index in [2.05, 4.69) is 195 Å². The monoisotopic (exact) mass is 1200 g/mol. The number of nitrogens with one attached hydrogen (secondary N) is 6. The summed E-state index contributed by atoms with van der Waals surface area (Å²) >= 11 is 0. The summed E-state index contributed by atoms with van der Waals surface area (Å²) < 4.78 is 5.89. The summed E-state index contributed by atoms with van der Waals surface area (Å²) in [5.41, 5.74) is 21.3. The highest BCUT2D eigenvalue weighted by Gasteiger charge is 2.43. The van der Waals surface area contributed by atoms with Crippen LogP contribution in [0.3, 0.4) is 0 Å². The molecular formula is C76H87N13O. The minimum absolute atomic E-state index is 0.205. The molecule has 3 aromatic heterocycles. The summed E-state index contributed by atoms with van der Waals surface area (Å²) in [6.45, 7) is 14.3. The molecule has 462 valence electrons. The van der Waals surface area contributed by atoms with Crippen LogP contribution in [0.1, 0.15) is 101 Å². The molecule has 3 saturated heterocycles. The van der Waals surface area contributed by atoms with E-state index in [0.717, 1.165) is 150 Å². The Bertz CT molecular complexity index is 3910. The average molecular weight is 1200 g/mol. The average Bonchev–Trinajstić information content (AvgIpc) is 0.791. The van der Waals surface area contributed by atoms with Crippen LogP contribution in [-0.2, 0) is 48.5 Å². The molecule has 6 N–H and O–H groups in total. The topological polar surface area (TPSA) is 162 Å². The van der Waals surface area contributed by atoms with Crippen LogP contribution in [-0.4, -0.2) is 108 Å². The van der Waals surface area contributed by atoms with Gasteiger partial charge in [0.05, 0.1) is 17.1 Å². The van der Waals surface area contributed by atoms with Gasteiger partial charge in [-0.2, -0.15) is 0 Å². The van der Waals surface area contributed by atoms with Gasteiger partial charge in [0, 0.05) is 71.2 Å². The maximum Gasteiger partial charge on any atom is 0.223 e. The quantitative estimate of drug-likeness (QED) is 0.0571. The number of nitrogens with zero attached hydrogens (tertiary/aromatic N) is 7. The van der Waals surface area contributed by atoms with Gasteiger partial charge >= 0.3 is 0 Å². The van der Waals surface area contributed by atoms with Gasteiger partial charge in [0.25, 0.3) is 0 Å². The Kier molecular flexibility index (Phi) is 18.4. The highest BCUT2D eigenvalue weighted by atomic mass is 16.5. The van der Waals surface area contributed by atoms with E-state index in [-0.39, 0.29) is 16.2 Å². The van der Waals surface area contributed by atoms with Gasteiger partial charge in [0.2, 0.25) is 17.8 Å². The van der Waals surface area contributed by atoms with Crippen molar-refractivity contribution in [2.24, 2.45) is 0 Å². The zero-order valence-electron chi connectivity index (χ0n) is 53.0. The predicted molar refractivity (Wildman–Crippen MR) is 365 cm³/mol. The largest absolute Gasteiger partial charge is 0.457 e. The van der Waals surface area contributed by atoms with Crippen LogP contribution in [0.2, 0.25) is 0 Å². The number of hydrogen-bond donors (Lipinski definition) is 6. The molecule has 3 aliphatic carbocycles. The van der Waals surface area contributed by atoms with Crippen LogP contribution in [0, 0.1) is 13.8 Å². The highest BCUT2D eigenvalue weighted by Crippen LogP contribution is 2.50. The molecule has 3 spiro atoms. The zero-order chi connectivity index (χ0) is 61.3. The highest BCUT2D eigenvalue weighted by molar-refractivity contribution is 5.75. The molecule has 3 fully saturated rings. The Morgan fingerprint density at radius 3 is 1.31 bits per heavy atom. The van der Waals surface area contributed by atoms with Crippen molar-refractivity contribution < 1.29 is 4.74 Å². The number of aromatic nitrogens is 6. The van der Waals surface area contributed by atoms with Gasteiger partial charge < -0.3 is 41.5 Å². The maximum atomic E-state index is 5.89. The van der Waals surface area contributed by atoms with Gasteiger partial charge in [0.15, 0.2) is 0 Å². The van der Waals surface area contributed by atoms with Gasteiger partial charge in [-0.05, 0) is 224 Å². The molecule has 0 saturated carbocycles. The van der Waals surface area contributed by atoms with Crippen molar-refractivity contribution in [1.29, 1.82) is 0 Å². The first-order valence-electron chi connectivity index (χ1n) is 32.9. The fourth-order valence-electron chi connectivity index (χ4n) is 14.8. The molecule has 6 heterocycles. The second kappa shape index (κ2) is 27.4. The summed E-state index contributed by atoms with van der Waals surface area (Å²) in [4.78, 5) is 31.0. The Balaban J connectivity index is 0.000000125. The second-order valence-electron chi connectivity index (χ2n) is 26.1. The van der Waals surface area contributed by atoms with Gasteiger partial charge in [-0.3, -0.25) is 0 Å². The van der Waals surface area contributed by atoms with Gasteiger partial charge in [0.1, 0.15) is 11.5 Å². The van der Waals surface area contributed by atoms with Gasteiger partial charge in [-0.25, -0.2) is 29.9 Å². The summed E-state index contributed by atoms with van der Waals surface area (Å²) in [6, 6.07) is 51.2. The van der Waals surface area contributed by atoms with Crippen LogP contribution >= 0.6 is 0 Å². The normalized spacial score (nSPS) is 16.7. The zero-order valence-corrected chi connectivity index (χ0v) is 53.0. The first-order chi connectivity index (χ1) is 44.1. The number of hydrogen-bond acceptors (Lipinski definition) is 14. The number of benzene rings is 6. The number of aryl methyl sites for hydroxylation is 2. The van der Waals surface area contributed by atoms with Crippen molar-refractivity contribution in [3.63, 3.8) is 0 Å². The molecule has 6 aromatic carbocycles. The van der Waals surface area contributed by atoms with Crippen LogP contribution < -0.4 is 36.6 Å². The summed E-state index contributed by atoms with van der Waals surface area (Å²) in [5.74, 6) is 3.80. The van der Waals surface area contributed by atoms with Crippen LogP contribution in [0.25, 0.3) is 33.8 Å². The molecule has 6 aliphatic rings. The summed E-state index contributed by atoms with van der Waals surface area (Å²) in [7, 11) is 4.20. The van der Waals surface area contributed by atoms with E-state index in [1.807, 2.05) is 48.7 Å². The van der Waals surface area contributed by atoms with Crippen LogP contribution in [0.15, 0.2) is 164 Å². The molecule has 3 aliphatic heterocycles. The first-order valence-corrected chi connectivity index (χ1v) is 32.9. The second-order valence-corrected chi connectivity index (χ2v) is 26.1. The number of ether oxygens (including phenoxy) is 1. The lowest BCUT2D eigenvalue weighted by atomic mass is 9.64. The fourth-order valence-corrected chi connectivity index (χ4v) is 14.8. The fraction of sp³-hybridized carbons (Fsp3) is 0.368. The van der Waals surface area contributed by atoms with Crippen molar-refractivity contribution in [1.82, 2.24) is 50.8 Å². The third-order valence-electron chi connectivity index (χ3n) is 19.8. The molecule has 0 atom stereocenters. The lowest BCUT2D eigenvalue weighted by molar-refractivity contribution is 0.302. The van der Waals surface area contributed by atoms with Crippen molar-refractivity contribution in [2.45, 2.75) is 107 Å². The van der Waals surface area contributed by atoms with Crippen LogP contribution in [0.4, 0.5) is 17.8 Å². The minimum atomic E-state index is 0.205. The standard InChI is InChI=1S/C29H28N4O.C26H30N4.C21H29N5/c1-2-6-23(7-3-1)34-24-12-10-21(11-13-24)19-31-28-32-20-22-18-29(14-16-30-17-15-29)26-9-5-4-8-25(26)27(22)33-28;1-18-7-8-20(15-19(18)2)9-12-28-25-29-17-21-16-26(10-13-27-14-11-26)23-6-4-3-5-22(23)24(21)30-25;1-26(2)13-5-10-23-20-24-15-16-14-21(8-11-22-12-9-21)18-7-4-3-6-17(18)19(16)25-20/h1-13,20,30H,14-19H2,(H,31,32,33);3-8,15,17,27H,9-14,16H2,1-2H3,(H,28,29,30);3-4,6-7,15,22H,5,8-14H2,1-2H3,(H,23,24,25). The van der Waals surface area contributed by atoms with Crippen molar-refractivity contribution in [3.05, 3.63) is 220 Å². The van der Waals surface area contributed by atoms with Gasteiger partial charge in [-0.15, -0.1) is 0 Å². The Morgan fingerprint density at radius 2 is 0.856 bits per heavy atom. The third-order valence-corrected chi connectivity index (χ3v) is 19.8. The lowest BCUT2D eigenvalue weighted by Gasteiger charge is -2.42. The number of piperidine rings is 3. The maximum absolute atomic E-state index is 5.89. The molecule has 0 amide bonds. The molecule has 90 heavy (non-hydrogen) atoms. The van der Waals surface area contributed by atoms with Gasteiger partial charge in [-0.1, -0.05) is 121 Å². The van der Waals surface area contributed by atoms with Crippen molar-refractivity contribution in [3.8, 4) is 45.3 Å². The van der Waals surface area contributed by atoms with E-state index in [0.29, 0.717) is 12.5 Å². The Hall–Kier alpha value is -8.40. The number of anilines is 3. The lowest BCUT2D eigenvalue weighted by Crippen LogP contribution is -2.43. The molecule has 0 bridgehead atoms. The Labute approximate surface area is 532 Å². The minimum Gasteiger partial charge on any atom is -0.457 e. The molecule has 9 aromatic rings. The predicted octanol–water partition coefficient (Wildman–Crippen LogP) is 13.0. The van der Waals surface area contributed by atoms with Crippen molar-refractivity contribution >= 4 is 17.8 Å². The van der Waals surface area contributed by atoms with E-state index in [9.17, 15) is 0 Å². The molecular weight excluding hydrogens is 1110 g/mol. The first kappa shape index (κ1) is 60.5. The third kappa shape index (κ3) is 13.4. The summed E-state index contributed by atoms with van der Waals surface area (Å²) in [5, 5.41) is 20.8. The van der Waals surface area contributed by atoms with E-state index >= 15 is 0 Å². The van der Waals surface area contributed by atoms with Crippen molar-refractivity contribution in [2.75, 3.05) is 88.9 Å². The number of para-hydroxylation sites is 1. The van der Waals surface area contributed by atoms with E-state index in [4.69, 9.17) is 19.7 Å². The molecule has 0 radical (unpaired) electrons. The van der Waals surface area contributed by atoms with E-state index in [1.165, 1.54) is 92.4 Å².